The van der Waals surface area contributed by atoms with Crippen molar-refractivity contribution in [1.29, 1.82) is 0 Å². The van der Waals surface area contributed by atoms with Crippen LogP contribution in [0.4, 0.5) is 0 Å². The second-order valence-corrected chi connectivity index (χ2v) is 7.55. The van der Waals surface area contributed by atoms with Gasteiger partial charge >= 0.3 is 15.2 Å². The average Bonchev–Trinajstić information content (AvgIpc) is 1.95. The van der Waals surface area contributed by atoms with Crippen LogP contribution in [0.1, 0.15) is 13.3 Å². The Morgan fingerprint density at radius 1 is 1.14 bits per heavy atom. The molecule has 0 fully saturated rings. The molecule has 7 nitrogen and oxygen atoms in total. The summed E-state index contributed by atoms with van der Waals surface area (Å²) in [6.45, 7) is 0.723. The minimum absolute atomic E-state index is 0.132. The van der Waals surface area contributed by atoms with E-state index in [1.54, 1.807) is 0 Å². The van der Waals surface area contributed by atoms with Gasteiger partial charge in [0.15, 0.2) is 4.90 Å². The van der Waals surface area contributed by atoms with Crippen molar-refractivity contribution in [1.82, 2.24) is 0 Å². The molecule has 14 heavy (non-hydrogen) atoms. The summed E-state index contributed by atoms with van der Waals surface area (Å²) in [5, 5.41) is 0. The molecule has 0 aromatic rings. The van der Waals surface area contributed by atoms with E-state index in [1.165, 1.54) is 7.11 Å². The van der Waals surface area contributed by atoms with Gasteiger partial charge in [-0.1, -0.05) is 0 Å². The Hall–Kier alpha value is 0.260. The van der Waals surface area contributed by atoms with E-state index in [2.05, 4.69) is 4.74 Å². The standard InChI is InChI=1S/C5H14O7P2/c1-5(3-4-12-2,13(6,7)8)14(9,10)11/h3-4H2,1-2H3,(H2,6,7,8)(H2,9,10,11). The van der Waals surface area contributed by atoms with Gasteiger partial charge in [-0.2, -0.15) is 0 Å². The van der Waals surface area contributed by atoms with Gasteiger partial charge in [0, 0.05) is 13.7 Å². The molecule has 0 aliphatic heterocycles. The molecule has 0 aromatic heterocycles. The zero-order valence-electron chi connectivity index (χ0n) is 7.82. The molecule has 0 rings (SSSR count). The van der Waals surface area contributed by atoms with Gasteiger partial charge in [0.2, 0.25) is 0 Å². The van der Waals surface area contributed by atoms with Crippen molar-refractivity contribution >= 4 is 15.2 Å². The van der Waals surface area contributed by atoms with Crippen molar-refractivity contribution in [3.63, 3.8) is 0 Å². The number of hydrogen-bond donors (Lipinski definition) is 4. The van der Waals surface area contributed by atoms with E-state index in [9.17, 15) is 9.13 Å². The van der Waals surface area contributed by atoms with Crippen molar-refractivity contribution in [3.8, 4) is 0 Å². The number of hydrogen-bond acceptors (Lipinski definition) is 3. The molecule has 0 bridgehead atoms. The van der Waals surface area contributed by atoms with Crippen LogP contribution in [0.3, 0.4) is 0 Å². The van der Waals surface area contributed by atoms with Crippen molar-refractivity contribution in [3.05, 3.63) is 0 Å². The van der Waals surface area contributed by atoms with Gasteiger partial charge in [-0.05, 0) is 13.3 Å². The largest absolute Gasteiger partial charge is 0.385 e. The highest BCUT2D eigenvalue weighted by atomic mass is 31.2. The van der Waals surface area contributed by atoms with Crippen molar-refractivity contribution < 1.29 is 33.4 Å². The lowest BCUT2D eigenvalue weighted by molar-refractivity contribution is 0.182. The average molecular weight is 248 g/mol. The summed E-state index contributed by atoms with van der Waals surface area (Å²) in [6.07, 6.45) is -0.405. The third kappa shape index (κ3) is 2.87. The van der Waals surface area contributed by atoms with Crippen LogP contribution < -0.4 is 0 Å². The zero-order valence-corrected chi connectivity index (χ0v) is 9.61. The van der Waals surface area contributed by atoms with Crippen LogP contribution in [0.25, 0.3) is 0 Å². The maximum Gasteiger partial charge on any atom is 0.343 e. The third-order valence-electron chi connectivity index (χ3n) is 2.03. The summed E-state index contributed by atoms with van der Waals surface area (Å²) in [5.41, 5.74) is 0. The van der Waals surface area contributed by atoms with Gasteiger partial charge in [-0.25, -0.2) is 0 Å². The second kappa shape index (κ2) is 4.41. The van der Waals surface area contributed by atoms with E-state index in [0.29, 0.717) is 0 Å². The Balaban J connectivity index is 5.08. The molecule has 0 aromatic carbocycles. The highest BCUT2D eigenvalue weighted by Crippen LogP contribution is 2.70. The predicted octanol–water partition coefficient (Wildman–Crippen LogP) is 0.0945. The minimum atomic E-state index is -4.88. The summed E-state index contributed by atoms with van der Waals surface area (Å²) in [6, 6.07) is 0. The lowest BCUT2D eigenvalue weighted by Crippen LogP contribution is -2.26. The van der Waals surface area contributed by atoms with Crippen LogP contribution in [0, 0.1) is 0 Å². The normalized spacial score (nSPS) is 14.4. The summed E-state index contributed by atoms with van der Waals surface area (Å²) in [7, 11) is -8.49. The van der Waals surface area contributed by atoms with E-state index < -0.39 is 26.5 Å². The Bertz CT molecular complexity index is 254. The van der Waals surface area contributed by atoms with Crippen molar-refractivity contribution in [2.45, 2.75) is 18.2 Å². The number of rotatable bonds is 5. The molecule has 0 saturated carbocycles. The summed E-state index contributed by atoms with van der Waals surface area (Å²) < 4.78 is 26.4. The lowest BCUT2D eigenvalue weighted by Gasteiger charge is -2.30. The zero-order chi connectivity index (χ0) is 11.6. The first-order valence-electron chi connectivity index (χ1n) is 3.66. The molecular weight excluding hydrogens is 234 g/mol. The molecule has 9 heteroatoms. The fraction of sp³-hybridized carbons (Fsp3) is 1.00. The lowest BCUT2D eigenvalue weighted by atomic mass is 10.3. The molecule has 0 heterocycles. The van der Waals surface area contributed by atoms with Gasteiger partial charge in [0.1, 0.15) is 0 Å². The molecule has 4 N–H and O–H groups in total. The molecule has 0 atom stereocenters. The van der Waals surface area contributed by atoms with Crippen molar-refractivity contribution in [2.75, 3.05) is 13.7 Å². The Morgan fingerprint density at radius 2 is 1.50 bits per heavy atom. The van der Waals surface area contributed by atoms with Gasteiger partial charge < -0.3 is 24.3 Å². The van der Waals surface area contributed by atoms with Crippen LogP contribution in [0.15, 0.2) is 0 Å². The first-order chi connectivity index (χ1) is 6.06. The summed E-state index contributed by atoms with van der Waals surface area (Å²) >= 11 is 0. The highest BCUT2D eigenvalue weighted by Gasteiger charge is 2.55. The Morgan fingerprint density at radius 3 is 1.71 bits per heavy atom. The van der Waals surface area contributed by atoms with Crippen LogP contribution in [-0.4, -0.2) is 38.2 Å². The molecule has 0 spiro atoms. The van der Waals surface area contributed by atoms with E-state index in [1.807, 2.05) is 0 Å². The summed E-state index contributed by atoms with van der Waals surface area (Å²) in [5.74, 6) is 0. The van der Waals surface area contributed by atoms with Gasteiger partial charge in [0.05, 0.1) is 0 Å². The topological polar surface area (TPSA) is 124 Å². The van der Waals surface area contributed by atoms with Crippen LogP contribution in [0.5, 0.6) is 0 Å². The van der Waals surface area contributed by atoms with E-state index in [4.69, 9.17) is 19.6 Å². The highest BCUT2D eigenvalue weighted by molar-refractivity contribution is 7.72. The van der Waals surface area contributed by atoms with E-state index in [0.717, 1.165) is 6.92 Å². The maximum absolute atomic E-state index is 11.0. The number of methoxy groups -OCH3 is 1. The first kappa shape index (κ1) is 14.3. The molecule has 0 saturated heterocycles. The number of ether oxygens (including phenoxy) is 1. The molecule has 0 aliphatic rings. The third-order valence-corrected chi connectivity index (χ3v) is 6.56. The fourth-order valence-corrected chi connectivity index (χ4v) is 2.88. The second-order valence-electron chi connectivity index (χ2n) is 3.05. The summed E-state index contributed by atoms with van der Waals surface area (Å²) in [4.78, 5) is 33.1. The van der Waals surface area contributed by atoms with Gasteiger partial charge in [-0.15, -0.1) is 0 Å². The maximum atomic E-state index is 11.0. The van der Waals surface area contributed by atoms with Crippen LogP contribution >= 0.6 is 15.2 Å². The minimum Gasteiger partial charge on any atom is -0.385 e. The Labute approximate surface area is 81.4 Å². The molecule has 0 radical (unpaired) electrons. The molecule has 0 aliphatic carbocycles. The Kier molecular flexibility index (Phi) is 4.49. The monoisotopic (exact) mass is 248 g/mol. The van der Waals surface area contributed by atoms with Crippen LogP contribution in [-0.2, 0) is 13.9 Å². The van der Waals surface area contributed by atoms with Crippen molar-refractivity contribution in [2.24, 2.45) is 0 Å². The molecule has 0 unspecified atom stereocenters. The SMILES string of the molecule is COCCC(C)(P(=O)(O)O)P(=O)(O)O. The predicted molar refractivity (Wildman–Crippen MR) is 49.0 cm³/mol. The smallest absolute Gasteiger partial charge is 0.343 e. The van der Waals surface area contributed by atoms with E-state index in [-0.39, 0.29) is 6.61 Å². The van der Waals surface area contributed by atoms with Gasteiger partial charge in [0.25, 0.3) is 0 Å². The molecule has 0 amide bonds. The fourth-order valence-electron chi connectivity index (χ4n) is 0.756. The van der Waals surface area contributed by atoms with Gasteiger partial charge in [-0.3, -0.25) is 9.13 Å². The van der Waals surface area contributed by atoms with Crippen LogP contribution in [0.2, 0.25) is 0 Å². The molecular formula is C5H14O7P2. The molecule has 86 valence electrons. The van der Waals surface area contributed by atoms with E-state index >= 15 is 0 Å². The quantitative estimate of drug-likeness (QED) is 0.508. The first-order valence-corrected chi connectivity index (χ1v) is 6.89.